The van der Waals surface area contributed by atoms with E-state index in [9.17, 15) is 17.6 Å². The van der Waals surface area contributed by atoms with Crippen molar-refractivity contribution in [3.05, 3.63) is 59.4 Å². The van der Waals surface area contributed by atoms with Crippen molar-refractivity contribution in [1.29, 1.82) is 0 Å². The zero-order chi connectivity index (χ0) is 14.8. The minimum atomic E-state index is -4.58. The number of hydrogen-bond acceptors (Lipinski definition) is 1. The van der Waals surface area contributed by atoms with Crippen molar-refractivity contribution < 1.29 is 22.3 Å². The van der Waals surface area contributed by atoms with Gasteiger partial charge in [0, 0.05) is 11.9 Å². The molecule has 0 N–H and O–H groups in total. The van der Waals surface area contributed by atoms with Crippen LogP contribution in [-0.2, 0) is 12.1 Å². The third-order valence-corrected chi connectivity index (χ3v) is 2.84. The van der Waals surface area contributed by atoms with Gasteiger partial charge in [-0.2, -0.15) is 13.2 Å². The maximum atomic E-state index is 13.0. The van der Waals surface area contributed by atoms with Crippen LogP contribution in [0.3, 0.4) is 0 Å². The Labute approximate surface area is 117 Å². The van der Waals surface area contributed by atoms with Gasteiger partial charge >= 0.3 is 6.18 Å². The molecule has 0 saturated carbocycles. The summed E-state index contributed by atoms with van der Waals surface area (Å²) in [6.45, 7) is 0. The van der Waals surface area contributed by atoms with Crippen LogP contribution in [0.15, 0.2) is 42.5 Å². The molecule has 0 aliphatic carbocycles. The van der Waals surface area contributed by atoms with Gasteiger partial charge < -0.3 is 4.74 Å². The van der Waals surface area contributed by atoms with E-state index >= 15 is 0 Å². The van der Waals surface area contributed by atoms with Gasteiger partial charge in [0.05, 0.1) is 5.56 Å². The molecule has 0 spiro atoms. The number of halogens is 5. The number of benzene rings is 2. The van der Waals surface area contributed by atoms with Crippen LogP contribution < -0.4 is 4.74 Å². The Kier molecular flexibility index (Phi) is 4.18. The van der Waals surface area contributed by atoms with Gasteiger partial charge in [-0.15, -0.1) is 11.6 Å². The van der Waals surface area contributed by atoms with Gasteiger partial charge in [0.25, 0.3) is 0 Å². The van der Waals surface area contributed by atoms with E-state index in [4.69, 9.17) is 16.3 Å². The molecule has 0 unspecified atom stereocenters. The fourth-order valence-electron chi connectivity index (χ4n) is 1.63. The van der Waals surface area contributed by atoms with Crippen molar-refractivity contribution in [1.82, 2.24) is 0 Å². The molecule has 0 heterocycles. The van der Waals surface area contributed by atoms with Gasteiger partial charge in [0.2, 0.25) is 0 Å². The average molecular weight is 305 g/mol. The molecule has 0 radical (unpaired) electrons. The van der Waals surface area contributed by atoms with E-state index < -0.39 is 23.3 Å². The van der Waals surface area contributed by atoms with Crippen LogP contribution in [0.2, 0.25) is 0 Å². The first-order chi connectivity index (χ1) is 9.40. The Bertz CT molecular complexity index is 610. The molecule has 0 bridgehead atoms. The summed E-state index contributed by atoms with van der Waals surface area (Å²) < 4.78 is 57.0. The minimum Gasteiger partial charge on any atom is -0.457 e. The van der Waals surface area contributed by atoms with Crippen LogP contribution >= 0.6 is 11.6 Å². The Balaban J connectivity index is 2.41. The van der Waals surface area contributed by atoms with Crippen LogP contribution in [-0.4, -0.2) is 0 Å². The summed E-state index contributed by atoms with van der Waals surface area (Å²) in [6, 6.07) is 8.43. The molecule has 2 aromatic rings. The van der Waals surface area contributed by atoms with Gasteiger partial charge in [-0.3, -0.25) is 0 Å². The van der Waals surface area contributed by atoms with Crippen LogP contribution in [0.1, 0.15) is 11.1 Å². The summed E-state index contributed by atoms with van der Waals surface area (Å²) in [5.41, 5.74) is -0.620. The maximum Gasteiger partial charge on any atom is 0.419 e. The second kappa shape index (κ2) is 5.71. The van der Waals surface area contributed by atoms with Gasteiger partial charge in [-0.05, 0) is 29.8 Å². The Morgan fingerprint density at radius 2 is 1.80 bits per heavy atom. The maximum absolute atomic E-state index is 13.0. The van der Waals surface area contributed by atoms with E-state index in [0.717, 1.165) is 12.1 Å². The predicted octanol–water partition coefficient (Wildman–Crippen LogP) is 5.38. The standard InChI is InChI=1S/C14H9ClF4O/c15-8-9-4-5-13(12(6-9)14(17,18)19)20-11-3-1-2-10(16)7-11/h1-7H,8H2. The number of hydrogen-bond donors (Lipinski definition) is 0. The molecule has 1 nitrogen and oxygen atoms in total. The second-order valence-electron chi connectivity index (χ2n) is 4.02. The molecular formula is C14H9ClF4O. The number of rotatable bonds is 3. The van der Waals surface area contributed by atoms with Crippen LogP contribution in [0.4, 0.5) is 17.6 Å². The molecule has 0 aliphatic heterocycles. The molecule has 0 fully saturated rings. The van der Waals surface area contributed by atoms with E-state index in [-0.39, 0.29) is 11.6 Å². The van der Waals surface area contributed by atoms with Crippen molar-refractivity contribution >= 4 is 11.6 Å². The van der Waals surface area contributed by atoms with E-state index in [2.05, 4.69) is 0 Å². The molecule has 106 valence electrons. The highest BCUT2D eigenvalue weighted by Gasteiger charge is 2.34. The molecule has 0 aliphatic rings. The smallest absolute Gasteiger partial charge is 0.419 e. The molecule has 0 atom stereocenters. The predicted molar refractivity (Wildman–Crippen MR) is 67.5 cm³/mol. The Morgan fingerprint density at radius 3 is 2.40 bits per heavy atom. The summed E-state index contributed by atoms with van der Waals surface area (Å²) >= 11 is 5.52. The fourth-order valence-corrected chi connectivity index (χ4v) is 1.79. The topological polar surface area (TPSA) is 9.23 Å². The average Bonchev–Trinajstić information content (AvgIpc) is 2.38. The minimum absolute atomic E-state index is 0.00544. The Morgan fingerprint density at radius 1 is 1.05 bits per heavy atom. The second-order valence-corrected chi connectivity index (χ2v) is 4.29. The number of ether oxygens (including phenoxy) is 1. The zero-order valence-electron chi connectivity index (χ0n) is 10.0. The van der Waals surface area contributed by atoms with E-state index in [1.165, 1.54) is 30.3 Å². The summed E-state index contributed by atoms with van der Waals surface area (Å²) in [4.78, 5) is 0. The number of alkyl halides is 4. The summed E-state index contributed by atoms with van der Waals surface area (Å²) in [5.74, 6) is -1.02. The van der Waals surface area contributed by atoms with Crippen LogP contribution in [0, 0.1) is 5.82 Å². The summed E-state index contributed by atoms with van der Waals surface area (Å²) in [7, 11) is 0. The van der Waals surface area contributed by atoms with E-state index in [1.54, 1.807) is 0 Å². The quantitative estimate of drug-likeness (QED) is 0.547. The first-order valence-electron chi connectivity index (χ1n) is 5.59. The van der Waals surface area contributed by atoms with Crippen molar-refractivity contribution in [2.75, 3.05) is 0 Å². The molecule has 0 aromatic heterocycles. The van der Waals surface area contributed by atoms with E-state index in [1.807, 2.05) is 0 Å². The van der Waals surface area contributed by atoms with Crippen LogP contribution in [0.25, 0.3) is 0 Å². The van der Waals surface area contributed by atoms with Crippen molar-refractivity contribution in [2.24, 2.45) is 0 Å². The molecule has 2 rings (SSSR count). The highest BCUT2D eigenvalue weighted by atomic mass is 35.5. The zero-order valence-corrected chi connectivity index (χ0v) is 10.8. The third kappa shape index (κ3) is 3.42. The van der Waals surface area contributed by atoms with Crippen molar-refractivity contribution in [2.45, 2.75) is 12.1 Å². The van der Waals surface area contributed by atoms with Gasteiger partial charge in [0.15, 0.2) is 0 Å². The molecule has 6 heteroatoms. The molecule has 0 amide bonds. The van der Waals surface area contributed by atoms with Crippen molar-refractivity contribution in [3.8, 4) is 11.5 Å². The lowest BCUT2D eigenvalue weighted by molar-refractivity contribution is -0.138. The monoisotopic (exact) mass is 304 g/mol. The lowest BCUT2D eigenvalue weighted by atomic mass is 10.1. The molecular weight excluding hydrogens is 296 g/mol. The van der Waals surface area contributed by atoms with Crippen LogP contribution in [0.5, 0.6) is 11.5 Å². The highest BCUT2D eigenvalue weighted by Crippen LogP contribution is 2.39. The third-order valence-electron chi connectivity index (χ3n) is 2.53. The fraction of sp³-hybridized carbons (Fsp3) is 0.143. The van der Waals surface area contributed by atoms with E-state index in [0.29, 0.717) is 5.56 Å². The molecule has 0 saturated heterocycles. The summed E-state index contributed by atoms with van der Waals surface area (Å²) in [5, 5.41) is 0. The van der Waals surface area contributed by atoms with Crippen molar-refractivity contribution in [3.63, 3.8) is 0 Å². The first kappa shape index (κ1) is 14.7. The first-order valence-corrected chi connectivity index (χ1v) is 6.13. The lowest BCUT2D eigenvalue weighted by Gasteiger charge is -2.14. The molecule has 20 heavy (non-hydrogen) atoms. The highest BCUT2D eigenvalue weighted by molar-refractivity contribution is 6.17. The van der Waals surface area contributed by atoms with Gasteiger partial charge in [-0.1, -0.05) is 12.1 Å². The van der Waals surface area contributed by atoms with Gasteiger partial charge in [-0.25, -0.2) is 4.39 Å². The lowest BCUT2D eigenvalue weighted by Crippen LogP contribution is -2.07. The SMILES string of the molecule is Fc1cccc(Oc2ccc(CCl)cc2C(F)(F)F)c1. The normalized spacial score (nSPS) is 11.4. The van der Waals surface area contributed by atoms with Gasteiger partial charge in [0.1, 0.15) is 17.3 Å². The summed E-state index contributed by atoms with van der Waals surface area (Å²) in [6.07, 6.45) is -4.58. The molecule has 2 aromatic carbocycles. The largest absolute Gasteiger partial charge is 0.457 e. The Hall–Kier alpha value is -1.75.